The van der Waals surface area contributed by atoms with Crippen molar-refractivity contribution >= 4 is 29.3 Å². The first-order valence-electron chi connectivity index (χ1n) is 10.8. The van der Waals surface area contributed by atoms with Gasteiger partial charge in [0.25, 0.3) is 0 Å². The molecule has 1 aliphatic carbocycles. The summed E-state index contributed by atoms with van der Waals surface area (Å²) in [5.41, 5.74) is 3.23. The Bertz CT molecular complexity index is 868. The van der Waals surface area contributed by atoms with Gasteiger partial charge in [-0.3, -0.25) is 9.36 Å². The van der Waals surface area contributed by atoms with Crippen LogP contribution < -0.4 is 10.2 Å². The van der Waals surface area contributed by atoms with Crippen LogP contribution in [-0.4, -0.2) is 39.5 Å². The van der Waals surface area contributed by atoms with E-state index in [4.69, 9.17) is 0 Å². The highest BCUT2D eigenvalue weighted by molar-refractivity contribution is 7.99. The lowest BCUT2D eigenvalue weighted by atomic mass is 10.00. The molecule has 1 saturated heterocycles. The number of aryl methyl sites for hydroxylation is 2. The summed E-state index contributed by atoms with van der Waals surface area (Å²) in [4.78, 5) is 15.0. The summed E-state index contributed by atoms with van der Waals surface area (Å²) < 4.78 is 2.28. The maximum atomic E-state index is 12.6. The van der Waals surface area contributed by atoms with Gasteiger partial charge < -0.3 is 10.2 Å². The van der Waals surface area contributed by atoms with Crippen LogP contribution >= 0.6 is 11.8 Å². The van der Waals surface area contributed by atoms with Crippen molar-refractivity contribution in [2.24, 2.45) is 5.92 Å². The molecule has 4 rings (SSSR count). The van der Waals surface area contributed by atoms with Crippen molar-refractivity contribution in [2.75, 3.05) is 29.1 Å². The average molecular weight is 414 g/mol. The number of thioether (sulfide) groups is 1. The summed E-state index contributed by atoms with van der Waals surface area (Å²) in [6, 6.07) is 6.65. The van der Waals surface area contributed by atoms with Gasteiger partial charge in [-0.05, 0) is 56.1 Å². The Morgan fingerprint density at radius 3 is 2.66 bits per heavy atom. The Kier molecular flexibility index (Phi) is 6.13. The van der Waals surface area contributed by atoms with Crippen LogP contribution in [0, 0.1) is 12.8 Å². The quantitative estimate of drug-likeness (QED) is 0.680. The summed E-state index contributed by atoms with van der Waals surface area (Å²) in [6.07, 6.45) is 5.67. The van der Waals surface area contributed by atoms with Crippen molar-refractivity contribution in [1.82, 2.24) is 14.8 Å². The van der Waals surface area contributed by atoms with Gasteiger partial charge in [-0.2, -0.15) is 0 Å². The van der Waals surface area contributed by atoms with Crippen LogP contribution in [0.2, 0.25) is 0 Å². The normalized spacial score (nSPS) is 17.6. The van der Waals surface area contributed by atoms with Gasteiger partial charge >= 0.3 is 0 Å². The lowest BCUT2D eigenvalue weighted by Crippen LogP contribution is -2.34. The van der Waals surface area contributed by atoms with E-state index in [0.717, 1.165) is 47.8 Å². The molecule has 29 heavy (non-hydrogen) atoms. The molecule has 2 fully saturated rings. The second-order valence-electron chi connectivity index (χ2n) is 8.35. The molecule has 7 heteroatoms. The van der Waals surface area contributed by atoms with Crippen LogP contribution in [-0.2, 0) is 11.2 Å². The highest BCUT2D eigenvalue weighted by Gasteiger charge is 2.32. The van der Waals surface area contributed by atoms with Crippen LogP contribution in [0.1, 0.15) is 56.7 Å². The first-order valence-corrected chi connectivity index (χ1v) is 11.8. The van der Waals surface area contributed by atoms with Gasteiger partial charge in [0.1, 0.15) is 0 Å². The Hall–Kier alpha value is -2.02. The van der Waals surface area contributed by atoms with E-state index >= 15 is 0 Å². The van der Waals surface area contributed by atoms with Gasteiger partial charge in [0.15, 0.2) is 5.16 Å². The summed E-state index contributed by atoms with van der Waals surface area (Å²) in [5.74, 6) is 2.14. The molecule has 0 bridgehead atoms. The van der Waals surface area contributed by atoms with E-state index in [9.17, 15) is 4.79 Å². The lowest BCUT2D eigenvalue weighted by molar-refractivity contribution is -0.113. The molecule has 1 amide bonds. The van der Waals surface area contributed by atoms with Crippen molar-refractivity contribution in [2.45, 2.75) is 64.1 Å². The number of aromatic nitrogens is 3. The molecule has 1 saturated carbocycles. The van der Waals surface area contributed by atoms with E-state index in [-0.39, 0.29) is 5.91 Å². The fourth-order valence-electron chi connectivity index (χ4n) is 3.95. The number of nitrogens with zero attached hydrogens (tertiary/aromatic N) is 4. The molecular weight excluding hydrogens is 382 g/mol. The molecule has 2 aliphatic rings. The molecule has 156 valence electrons. The van der Waals surface area contributed by atoms with Crippen LogP contribution in [0.4, 0.5) is 11.6 Å². The van der Waals surface area contributed by atoms with Gasteiger partial charge in [-0.1, -0.05) is 43.8 Å². The minimum Gasteiger partial charge on any atom is -0.341 e. The van der Waals surface area contributed by atoms with Crippen LogP contribution in [0.25, 0.3) is 0 Å². The molecule has 2 heterocycles. The topological polar surface area (TPSA) is 63.1 Å². The minimum absolute atomic E-state index is 0.0118. The largest absolute Gasteiger partial charge is 0.341 e. The number of rotatable bonds is 7. The second-order valence-corrected chi connectivity index (χ2v) is 9.30. The van der Waals surface area contributed by atoms with Crippen molar-refractivity contribution in [1.29, 1.82) is 0 Å². The monoisotopic (exact) mass is 413 g/mol. The first kappa shape index (κ1) is 20.3. The van der Waals surface area contributed by atoms with Crippen molar-refractivity contribution in [3.8, 4) is 0 Å². The van der Waals surface area contributed by atoms with E-state index < -0.39 is 0 Å². The minimum atomic E-state index is 0.0118. The van der Waals surface area contributed by atoms with Gasteiger partial charge in [-0.15, -0.1) is 10.2 Å². The number of amides is 1. The van der Waals surface area contributed by atoms with Gasteiger partial charge in [-0.25, -0.2) is 0 Å². The number of nitrogens with one attached hydrogen (secondary N) is 1. The molecule has 0 spiro atoms. The third-order valence-electron chi connectivity index (χ3n) is 5.96. The van der Waals surface area contributed by atoms with Gasteiger partial charge in [0.05, 0.1) is 5.75 Å². The van der Waals surface area contributed by atoms with E-state index in [1.165, 1.54) is 43.0 Å². The molecule has 1 aliphatic heterocycles. The van der Waals surface area contributed by atoms with Crippen molar-refractivity contribution in [3.05, 3.63) is 29.3 Å². The van der Waals surface area contributed by atoms with Crippen LogP contribution in [0.15, 0.2) is 23.4 Å². The Morgan fingerprint density at radius 1 is 1.21 bits per heavy atom. The molecule has 0 radical (unpaired) electrons. The number of carbonyl (C=O) groups excluding carboxylic acids is 1. The Balaban J connectivity index is 1.43. The van der Waals surface area contributed by atoms with Crippen molar-refractivity contribution in [3.63, 3.8) is 0 Å². The second kappa shape index (κ2) is 8.78. The summed E-state index contributed by atoms with van der Waals surface area (Å²) in [7, 11) is 0. The molecular formula is C22H31N5OS. The fraction of sp³-hybridized carbons (Fsp3) is 0.591. The number of piperidine rings is 1. The maximum Gasteiger partial charge on any atom is 0.234 e. The summed E-state index contributed by atoms with van der Waals surface area (Å²) in [5, 5.41) is 13.0. The number of carbonyl (C=O) groups is 1. The molecule has 1 aromatic carbocycles. The fourth-order valence-corrected chi connectivity index (χ4v) is 4.75. The van der Waals surface area contributed by atoms with Gasteiger partial charge in [0.2, 0.25) is 11.9 Å². The third-order valence-corrected chi connectivity index (χ3v) is 6.90. The summed E-state index contributed by atoms with van der Waals surface area (Å²) >= 11 is 1.50. The number of para-hydroxylation sites is 1. The first-order chi connectivity index (χ1) is 14.1. The predicted molar refractivity (Wildman–Crippen MR) is 119 cm³/mol. The van der Waals surface area contributed by atoms with E-state index in [1.54, 1.807) is 0 Å². The zero-order chi connectivity index (χ0) is 20.4. The zero-order valence-corrected chi connectivity index (χ0v) is 18.5. The molecule has 0 atom stereocenters. The predicted octanol–water partition coefficient (Wildman–Crippen LogP) is 4.45. The SMILES string of the molecule is CCc1cccc(C)c1NC(=O)CSc1nnc(N2CCC(C)CC2)n1C1CC1. The van der Waals surface area contributed by atoms with E-state index in [2.05, 4.69) is 44.9 Å². The van der Waals surface area contributed by atoms with E-state index in [1.807, 2.05) is 19.1 Å². The number of hydrogen-bond acceptors (Lipinski definition) is 5. The van der Waals surface area contributed by atoms with Gasteiger partial charge in [0, 0.05) is 24.8 Å². The third kappa shape index (κ3) is 4.60. The van der Waals surface area contributed by atoms with Crippen LogP contribution in [0.3, 0.4) is 0 Å². The molecule has 1 N–H and O–H groups in total. The average Bonchev–Trinajstić information content (AvgIpc) is 3.47. The smallest absolute Gasteiger partial charge is 0.234 e. The van der Waals surface area contributed by atoms with E-state index in [0.29, 0.717) is 11.8 Å². The maximum absolute atomic E-state index is 12.6. The lowest BCUT2D eigenvalue weighted by Gasteiger charge is -2.31. The Morgan fingerprint density at radius 2 is 1.97 bits per heavy atom. The summed E-state index contributed by atoms with van der Waals surface area (Å²) in [6.45, 7) is 8.56. The molecule has 1 aromatic heterocycles. The number of hydrogen-bond donors (Lipinski definition) is 1. The highest BCUT2D eigenvalue weighted by Crippen LogP contribution is 2.41. The number of benzene rings is 1. The standard InChI is InChI=1S/C22H31N5OS/c1-4-17-7-5-6-16(3)20(17)23-19(28)14-29-22-25-24-21(27(22)18-8-9-18)26-12-10-15(2)11-13-26/h5-7,15,18H,4,8-14H2,1-3H3,(H,23,28). The van der Waals surface area contributed by atoms with Crippen LogP contribution in [0.5, 0.6) is 0 Å². The molecule has 6 nitrogen and oxygen atoms in total. The number of anilines is 2. The zero-order valence-electron chi connectivity index (χ0n) is 17.6. The molecule has 0 unspecified atom stereocenters. The molecule has 2 aromatic rings. The van der Waals surface area contributed by atoms with Crippen molar-refractivity contribution < 1.29 is 4.79 Å². The highest BCUT2D eigenvalue weighted by atomic mass is 32.2. The Labute approximate surface area is 177 Å².